The lowest BCUT2D eigenvalue weighted by molar-refractivity contribution is -0.130. The maximum Gasteiger partial charge on any atom is 0.223 e. The van der Waals surface area contributed by atoms with Crippen molar-refractivity contribution in [2.24, 2.45) is 0 Å². The molecule has 27 heavy (non-hydrogen) atoms. The fourth-order valence-corrected chi connectivity index (χ4v) is 3.92. The number of aromatic nitrogens is 2. The topological polar surface area (TPSA) is 55.2 Å². The Morgan fingerprint density at radius 2 is 1.89 bits per heavy atom. The summed E-state index contributed by atoms with van der Waals surface area (Å²) in [4.78, 5) is 28.5. The van der Waals surface area contributed by atoms with E-state index in [0.29, 0.717) is 6.54 Å². The van der Waals surface area contributed by atoms with Crippen molar-refractivity contribution in [1.29, 1.82) is 0 Å². The second-order valence-corrected chi connectivity index (χ2v) is 8.09. The van der Waals surface area contributed by atoms with Gasteiger partial charge in [0, 0.05) is 53.5 Å². The molecule has 0 fully saturated rings. The van der Waals surface area contributed by atoms with Crippen molar-refractivity contribution < 1.29 is 9.59 Å². The van der Waals surface area contributed by atoms with Gasteiger partial charge in [-0.25, -0.2) is 4.68 Å². The highest BCUT2D eigenvalue weighted by atomic mass is 32.1. The number of rotatable bonds is 7. The Labute approximate surface area is 163 Å². The van der Waals surface area contributed by atoms with Gasteiger partial charge in [-0.05, 0) is 32.0 Å². The molecular formula is C21H23N3O2S. The standard InChI is InChI=1S/C21H23N3O2S/c1-15-11-19(16(2)27-15)20(25)9-10-21(26)23(3)13-17-12-22-24(14-17)18-7-5-4-6-8-18/h4-8,11-12,14H,9-10,13H2,1-3H3. The molecular weight excluding hydrogens is 358 g/mol. The van der Waals surface area contributed by atoms with Gasteiger partial charge in [0.05, 0.1) is 11.9 Å². The van der Waals surface area contributed by atoms with Crippen molar-refractivity contribution in [2.45, 2.75) is 33.2 Å². The van der Waals surface area contributed by atoms with Crippen molar-refractivity contribution in [1.82, 2.24) is 14.7 Å². The van der Waals surface area contributed by atoms with Crippen LogP contribution in [0.4, 0.5) is 0 Å². The molecule has 1 amide bonds. The maximum atomic E-state index is 12.4. The molecule has 0 aliphatic heterocycles. The monoisotopic (exact) mass is 381 g/mol. The number of para-hydroxylation sites is 1. The molecule has 3 aromatic rings. The number of thiophene rings is 1. The normalized spacial score (nSPS) is 10.8. The summed E-state index contributed by atoms with van der Waals surface area (Å²) < 4.78 is 1.79. The van der Waals surface area contributed by atoms with E-state index in [0.717, 1.165) is 26.6 Å². The highest BCUT2D eigenvalue weighted by Crippen LogP contribution is 2.22. The third-order valence-corrected chi connectivity index (χ3v) is 5.38. The number of benzene rings is 1. The van der Waals surface area contributed by atoms with E-state index in [1.165, 1.54) is 0 Å². The summed E-state index contributed by atoms with van der Waals surface area (Å²) in [5, 5.41) is 4.35. The van der Waals surface area contributed by atoms with Crippen LogP contribution in [-0.2, 0) is 11.3 Å². The van der Waals surface area contributed by atoms with Gasteiger partial charge in [-0.2, -0.15) is 5.10 Å². The minimum Gasteiger partial charge on any atom is -0.341 e. The van der Waals surface area contributed by atoms with E-state index in [2.05, 4.69) is 5.10 Å². The first kappa shape index (κ1) is 19.0. The molecule has 140 valence electrons. The SMILES string of the molecule is Cc1cc(C(=O)CCC(=O)N(C)Cc2cnn(-c3ccccc3)c2)c(C)s1. The Kier molecular flexibility index (Phi) is 5.86. The Balaban J connectivity index is 1.54. The molecule has 0 atom stereocenters. The molecule has 0 saturated carbocycles. The second kappa shape index (κ2) is 8.31. The summed E-state index contributed by atoms with van der Waals surface area (Å²) in [5.74, 6) is -0.00378. The predicted octanol–water partition coefficient (Wildman–Crippen LogP) is 4.17. The minimum atomic E-state index is -0.0413. The van der Waals surface area contributed by atoms with Gasteiger partial charge >= 0.3 is 0 Å². The molecule has 0 bridgehead atoms. The first-order valence-corrected chi connectivity index (χ1v) is 9.69. The third kappa shape index (κ3) is 4.71. The van der Waals surface area contributed by atoms with Crippen LogP contribution in [0.5, 0.6) is 0 Å². The van der Waals surface area contributed by atoms with Gasteiger partial charge in [-0.15, -0.1) is 11.3 Å². The molecule has 6 heteroatoms. The molecule has 0 spiro atoms. The molecule has 0 saturated heterocycles. The van der Waals surface area contributed by atoms with Crippen LogP contribution in [0.3, 0.4) is 0 Å². The van der Waals surface area contributed by atoms with E-state index in [1.54, 1.807) is 34.2 Å². The number of amides is 1. The molecule has 3 rings (SSSR count). The maximum absolute atomic E-state index is 12.4. The number of Topliss-reactive ketones (excluding diaryl/α,β-unsaturated/α-hetero) is 1. The number of carbonyl (C=O) groups excluding carboxylic acids is 2. The molecule has 0 N–H and O–H groups in total. The highest BCUT2D eigenvalue weighted by Gasteiger charge is 2.16. The number of hydrogen-bond donors (Lipinski definition) is 0. The fraction of sp³-hybridized carbons (Fsp3) is 0.286. The average Bonchev–Trinajstić information content (AvgIpc) is 3.26. The predicted molar refractivity (Wildman–Crippen MR) is 107 cm³/mol. The zero-order valence-corrected chi connectivity index (χ0v) is 16.6. The number of nitrogens with zero attached hydrogens (tertiary/aromatic N) is 3. The van der Waals surface area contributed by atoms with Crippen molar-refractivity contribution in [3.8, 4) is 5.69 Å². The minimum absolute atomic E-state index is 0.0375. The smallest absolute Gasteiger partial charge is 0.223 e. The Morgan fingerprint density at radius 1 is 1.15 bits per heavy atom. The lowest BCUT2D eigenvalue weighted by Crippen LogP contribution is -2.26. The van der Waals surface area contributed by atoms with Crippen LogP contribution in [0.2, 0.25) is 0 Å². The summed E-state index contributed by atoms with van der Waals surface area (Å²) in [7, 11) is 1.76. The summed E-state index contributed by atoms with van der Waals surface area (Å²) in [6.07, 6.45) is 4.14. The highest BCUT2D eigenvalue weighted by molar-refractivity contribution is 7.12. The van der Waals surface area contributed by atoms with Crippen molar-refractivity contribution in [2.75, 3.05) is 7.05 Å². The van der Waals surface area contributed by atoms with Crippen LogP contribution in [0.1, 0.15) is 38.5 Å². The zero-order chi connectivity index (χ0) is 19.4. The number of ketones is 1. The molecule has 0 unspecified atom stereocenters. The van der Waals surface area contributed by atoms with Crippen LogP contribution >= 0.6 is 11.3 Å². The molecule has 0 aliphatic carbocycles. The first-order valence-electron chi connectivity index (χ1n) is 8.87. The number of carbonyl (C=O) groups is 2. The molecule has 0 aliphatic rings. The second-order valence-electron chi connectivity index (χ2n) is 6.63. The van der Waals surface area contributed by atoms with Crippen molar-refractivity contribution in [3.05, 3.63) is 69.7 Å². The number of hydrogen-bond acceptors (Lipinski definition) is 4. The van der Waals surface area contributed by atoms with E-state index in [1.807, 2.05) is 56.4 Å². The summed E-state index contributed by atoms with van der Waals surface area (Å²) in [6.45, 7) is 4.41. The fourth-order valence-electron chi connectivity index (χ4n) is 2.98. The first-order chi connectivity index (χ1) is 12.9. The molecule has 2 heterocycles. The summed E-state index contributed by atoms with van der Waals surface area (Å²) in [6, 6.07) is 11.7. The van der Waals surface area contributed by atoms with Gasteiger partial charge in [0.25, 0.3) is 0 Å². The van der Waals surface area contributed by atoms with Gasteiger partial charge in [0.1, 0.15) is 0 Å². The van der Waals surface area contributed by atoms with E-state index in [4.69, 9.17) is 0 Å². The van der Waals surface area contributed by atoms with E-state index in [9.17, 15) is 9.59 Å². The van der Waals surface area contributed by atoms with Crippen LogP contribution < -0.4 is 0 Å². The van der Waals surface area contributed by atoms with Gasteiger partial charge in [-0.1, -0.05) is 18.2 Å². The van der Waals surface area contributed by atoms with Gasteiger partial charge in [-0.3, -0.25) is 9.59 Å². The van der Waals surface area contributed by atoms with Crippen LogP contribution in [-0.4, -0.2) is 33.4 Å². The summed E-state index contributed by atoms with van der Waals surface area (Å²) in [5.41, 5.74) is 2.67. The quantitative estimate of drug-likeness (QED) is 0.577. The lowest BCUT2D eigenvalue weighted by atomic mass is 10.1. The van der Waals surface area contributed by atoms with Crippen molar-refractivity contribution >= 4 is 23.0 Å². The van der Waals surface area contributed by atoms with E-state index >= 15 is 0 Å². The van der Waals surface area contributed by atoms with Crippen LogP contribution in [0.15, 0.2) is 48.8 Å². The van der Waals surface area contributed by atoms with E-state index < -0.39 is 0 Å². The Morgan fingerprint density at radius 3 is 2.56 bits per heavy atom. The van der Waals surface area contributed by atoms with Gasteiger partial charge in [0.2, 0.25) is 5.91 Å². The van der Waals surface area contributed by atoms with Crippen molar-refractivity contribution in [3.63, 3.8) is 0 Å². The van der Waals surface area contributed by atoms with Gasteiger partial charge < -0.3 is 4.90 Å². The van der Waals surface area contributed by atoms with Gasteiger partial charge in [0.15, 0.2) is 5.78 Å². The Hall–Kier alpha value is -2.73. The molecule has 2 aromatic heterocycles. The lowest BCUT2D eigenvalue weighted by Gasteiger charge is -2.15. The number of aryl methyl sites for hydroxylation is 2. The zero-order valence-electron chi connectivity index (χ0n) is 15.8. The average molecular weight is 382 g/mol. The molecule has 1 aromatic carbocycles. The molecule has 5 nitrogen and oxygen atoms in total. The van der Waals surface area contributed by atoms with Crippen LogP contribution in [0, 0.1) is 13.8 Å². The van der Waals surface area contributed by atoms with Crippen LogP contribution in [0.25, 0.3) is 5.69 Å². The largest absolute Gasteiger partial charge is 0.341 e. The molecule has 0 radical (unpaired) electrons. The summed E-state index contributed by atoms with van der Waals surface area (Å²) >= 11 is 1.61. The van der Waals surface area contributed by atoms with E-state index in [-0.39, 0.29) is 24.5 Å². The third-order valence-electron chi connectivity index (χ3n) is 4.41. The Bertz CT molecular complexity index is 944.